The van der Waals surface area contributed by atoms with Crippen LogP contribution in [-0.2, 0) is 0 Å². The third-order valence-corrected chi connectivity index (χ3v) is 5.93. The highest BCUT2D eigenvalue weighted by Crippen LogP contribution is 2.63. The van der Waals surface area contributed by atoms with Crippen molar-refractivity contribution in [1.82, 2.24) is 10.7 Å². The van der Waals surface area contributed by atoms with Crippen LogP contribution < -0.4 is 10.7 Å². The smallest absolute Gasteiger partial charge is 0.187 e. The third-order valence-electron chi connectivity index (χ3n) is 5.72. The van der Waals surface area contributed by atoms with Gasteiger partial charge in [-0.2, -0.15) is 5.10 Å². The van der Waals surface area contributed by atoms with Gasteiger partial charge < -0.3 is 5.32 Å². The average Bonchev–Trinajstić information content (AvgIpc) is 3.04. The first-order valence-corrected chi connectivity index (χ1v) is 7.48. The fraction of sp³-hybridized carbons (Fsp3) is 0.857. The minimum atomic E-state index is 0.264. The Balaban J connectivity index is 1.68. The van der Waals surface area contributed by atoms with Crippen molar-refractivity contribution in [2.75, 3.05) is 0 Å². The summed E-state index contributed by atoms with van der Waals surface area (Å²) in [6.07, 6.45) is 6.25. The molecule has 2 atom stereocenters. The van der Waals surface area contributed by atoms with E-state index >= 15 is 0 Å². The summed E-state index contributed by atoms with van der Waals surface area (Å²) >= 11 is 5.26. The Morgan fingerprint density at radius 3 is 2.50 bits per heavy atom. The second-order valence-electron chi connectivity index (χ2n) is 6.91. The van der Waals surface area contributed by atoms with E-state index in [1.54, 1.807) is 0 Å². The van der Waals surface area contributed by atoms with Crippen LogP contribution >= 0.6 is 12.2 Å². The molecule has 4 heteroatoms. The molecule has 0 aliphatic heterocycles. The number of hydrazone groups is 1. The van der Waals surface area contributed by atoms with E-state index < -0.39 is 0 Å². The van der Waals surface area contributed by atoms with Crippen LogP contribution in [0.1, 0.15) is 52.9 Å². The van der Waals surface area contributed by atoms with Crippen molar-refractivity contribution in [2.45, 2.75) is 58.9 Å². The van der Waals surface area contributed by atoms with Gasteiger partial charge in [0, 0.05) is 17.2 Å². The van der Waals surface area contributed by atoms with Crippen LogP contribution in [0.2, 0.25) is 0 Å². The van der Waals surface area contributed by atoms with Crippen LogP contribution in [0.25, 0.3) is 0 Å². The molecule has 0 spiro atoms. The van der Waals surface area contributed by atoms with E-state index in [0.717, 1.165) is 12.3 Å². The fourth-order valence-corrected chi connectivity index (χ4v) is 3.87. The number of hydrogen-bond acceptors (Lipinski definition) is 2. The Labute approximate surface area is 115 Å². The number of rotatable bonds is 2. The Morgan fingerprint density at radius 2 is 2.00 bits per heavy atom. The zero-order chi connectivity index (χ0) is 13.0. The molecule has 100 valence electrons. The van der Waals surface area contributed by atoms with Gasteiger partial charge in [0.1, 0.15) is 0 Å². The maximum Gasteiger partial charge on any atom is 0.187 e. The van der Waals surface area contributed by atoms with Crippen molar-refractivity contribution < 1.29 is 0 Å². The zero-order valence-corrected chi connectivity index (χ0v) is 12.4. The first-order valence-electron chi connectivity index (χ1n) is 7.07. The molecule has 0 amide bonds. The molecule has 2 bridgehead atoms. The van der Waals surface area contributed by atoms with Gasteiger partial charge in [0.05, 0.1) is 0 Å². The van der Waals surface area contributed by atoms with E-state index in [0.29, 0.717) is 16.6 Å². The predicted molar refractivity (Wildman–Crippen MR) is 78.6 cm³/mol. The van der Waals surface area contributed by atoms with Crippen LogP contribution in [0.15, 0.2) is 5.10 Å². The number of thiocarbonyl (C=S) groups is 1. The van der Waals surface area contributed by atoms with Crippen molar-refractivity contribution >= 4 is 23.0 Å². The summed E-state index contributed by atoms with van der Waals surface area (Å²) in [7, 11) is 0. The van der Waals surface area contributed by atoms with Crippen LogP contribution in [0.3, 0.4) is 0 Å². The lowest BCUT2D eigenvalue weighted by Gasteiger charge is -2.34. The molecule has 3 aliphatic carbocycles. The molecule has 3 saturated carbocycles. The Bertz CT molecular complexity index is 411. The summed E-state index contributed by atoms with van der Waals surface area (Å²) in [5, 5.41) is 8.57. The van der Waals surface area contributed by atoms with Gasteiger partial charge in [0.2, 0.25) is 0 Å². The SMILES string of the molecule is CC1(C)[C@H]2CC[C@]1(C)/C(=N\NC(=S)NC1CC1)C2. The molecule has 3 nitrogen and oxygen atoms in total. The quantitative estimate of drug-likeness (QED) is 0.595. The lowest BCUT2D eigenvalue weighted by molar-refractivity contribution is 0.193. The van der Waals surface area contributed by atoms with Crippen molar-refractivity contribution in [3.05, 3.63) is 0 Å². The number of nitrogens with zero attached hydrogens (tertiary/aromatic N) is 1. The number of hydrogen-bond donors (Lipinski definition) is 2. The van der Waals surface area contributed by atoms with Crippen LogP contribution in [0, 0.1) is 16.7 Å². The fourth-order valence-electron chi connectivity index (χ4n) is 3.66. The van der Waals surface area contributed by atoms with Crippen molar-refractivity contribution in [1.29, 1.82) is 0 Å². The molecule has 18 heavy (non-hydrogen) atoms. The standard InChI is InChI=1S/C14H23N3S/c1-13(2)9-6-7-14(13,3)11(8-9)16-17-12(18)15-10-4-5-10/h9-10H,4-8H2,1-3H3,(H2,15,17,18)/b16-11-/t9-,14+/m0/s1. The highest BCUT2D eigenvalue weighted by Gasteiger charge is 2.59. The summed E-state index contributed by atoms with van der Waals surface area (Å²) in [5.74, 6) is 0.799. The minimum Gasteiger partial charge on any atom is -0.359 e. The molecule has 0 aromatic rings. The molecule has 0 aromatic heterocycles. The monoisotopic (exact) mass is 265 g/mol. The molecular formula is C14H23N3S. The molecule has 3 aliphatic rings. The molecule has 0 unspecified atom stereocenters. The van der Waals surface area contributed by atoms with E-state index in [1.807, 2.05) is 0 Å². The molecule has 0 saturated heterocycles. The Morgan fingerprint density at radius 1 is 1.28 bits per heavy atom. The molecule has 0 heterocycles. The van der Waals surface area contributed by atoms with Gasteiger partial charge in [-0.15, -0.1) is 0 Å². The van der Waals surface area contributed by atoms with Gasteiger partial charge in [-0.25, -0.2) is 0 Å². The summed E-state index contributed by atoms with van der Waals surface area (Å²) in [4.78, 5) is 0. The highest BCUT2D eigenvalue weighted by molar-refractivity contribution is 7.80. The molecule has 2 N–H and O–H groups in total. The first-order chi connectivity index (χ1) is 8.43. The zero-order valence-electron chi connectivity index (χ0n) is 11.5. The van der Waals surface area contributed by atoms with E-state index in [9.17, 15) is 0 Å². The first kappa shape index (κ1) is 12.4. The maximum absolute atomic E-state index is 5.26. The largest absolute Gasteiger partial charge is 0.359 e. The van der Waals surface area contributed by atoms with Gasteiger partial charge in [-0.1, -0.05) is 20.8 Å². The molecular weight excluding hydrogens is 242 g/mol. The molecule has 0 radical (unpaired) electrons. The molecule has 3 rings (SSSR count). The summed E-state index contributed by atoms with van der Waals surface area (Å²) in [6.45, 7) is 7.17. The maximum atomic E-state index is 5.26. The van der Waals surface area contributed by atoms with Gasteiger partial charge in [0.15, 0.2) is 5.11 Å². The lowest BCUT2D eigenvalue weighted by Crippen LogP contribution is -2.37. The second-order valence-corrected chi connectivity index (χ2v) is 7.32. The van der Waals surface area contributed by atoms with Crippen molar-refractivity contribution in [3.8, 4) is 0 Å². The Kier molecular flexibility index (Phi) is 2.70. The van der Waals surface area contributed by atoms with Crippen molar-refractivity contribution in [2.24, 2.45) is 21.8 Å². The minimum absolute atomic E-state index is 0.264. The van der Waals surface area contributed by atoms with Gasteiger partial charge >= 0.3 is 0 Å². The van der Waals surface area contributed by atoms with E-state index in [2.05, 4.69) is 36.6 Å². The van der Waals surface area contributed by atoms with E-state index in [1.165, 1.54) is 31.4 Å². The third kappa shape index (κ3) is 1.77. The molecule has 3 fully saturated rings. The summed E-state index contributed by atoms with van der Waals surface area (Å²) in [5.41, 5.74) is 5.03. The van der Waals surface area contributed by atoms with Crippen molar-refractivity contribution in [3.63, 3.8) is 0 Å². The summed E-state index contributed by atoms with van der Waals surface area (Å²) in [6, 6.07) is 0.595. The van der Waals surface area contributed by atoms with Crippen LogP contribution in [0.4, 0.5) is 0 Å². The lowest BCUT2D eigenvalue weighted by atomic mass is 9.70. The number of nitrogens with one attached hydrogen (secondary N) is 2. The van der Waals surface area contributed by atoms with Gasteiger partial charge in [-0.05, 0) is 55.7 Å². The van der Waals surface area contributed by atoms with E-state index in [4.69, 9.17) is 12.2 Å². The number of fused-ring (bicyclic) bond motifs is 2. The molecule has 0 aromatic carbocycles. The van der Waals surface area contributed by atoms with Gasteiger partial charge in [-0.3, -0.25) is 5.43 Å². The average molecular weight is 265 g/mol. The second kappa shape index (κ2) is 3.92. The van der Waals surface area contributed by atoms with Crippen LogP contribution in [0.5, 0.6) is 0 Å². The van der Waals surface area contributed by atoms with Gasteiger partial charge in [0.25, 0.3) is 0 Å². The predicted octanol–water partition coefficient (Wildman–Crippen LogP) is 2.82. The Hall–Kier alpha value is -0.640. The van der Waals surface area contributed by atoms with Crippen LogP contribution in [-0.4, -0.2) is 16.9 Å². The highest BCUT2D eigenvalue weighted by atomic mass is 32.1. The normalized spacial score (nSPS) is 39.1. The summed E-state index contributed by atoms with van der Waals surface area (Å²) < 4.78 is 0. The topological polar surface area (TPSA) is 36.4 Å². The van der Waals surface area contributed by atoms with E-state index in [-0.39, 0.29) is 5.41 Å².